The molecule has 0 saturated carbocycles. The van der Waals surface area contributed by atoms with Crippen molar-refractivity contribution >= 4 is 5.97 Å². The molecule has 1 aromatic carbocycles. The Morgan fingerprint density at radius 2 is 2.00 bits per heavy atom. The van der Waals surface area contributed by atoms with Gasteiger partial charge < -0.3 is 15.5 Å². The average Bonchev–Trinajstić information content (AvgIpc) is 2.34. The SMILES string of the molecule is CCCNC(CC(=O)O)C(O)c1ccccc1. The summed E-state index contributed by atoms with van der Waals surface area (Å²) in [4.78, 5) is 10.8. The molecule has 0 aliphatic rings. The van der Waals surface area contributed by atoms with Gasteiger partial charge in [0, 0.05) is 6.04 Å². The summed E-state index contributed by atoms with van der Waals surface area (Å²) >= 11 is 0. The average molecular weight is 237 g/mol. The first kappa shape index (κ1) is 13.7. The molecule has 0 saturated heterocycles. The van der Waals surface area contributed by atoms with Crippen molar-refractivity contribution in [3.05, 3.63) is 35.9 Å². The largest absolute Gasteiger partial charge is 0.481 e. The first-order valence-electron chi connectivity index (χ1n) is 5.83. The zero-order valence-electron chi connectivity index (χ0n) is 9.97. The fraction of sp³-hybridized carbons (Fsp3) is 0.462. The smallest absolute Gasteiger partial charge is 0.305 e. The fourth-order valence-electron chi connectivity index (χ4n) is 1.70. The van der Waals surface area contributed by atoms with Crippen LogP contribution in [0.1, 0.15) is 31.4 Å². The van der Waals surface area contributed by atoms with E-state index in [2.05, 4.69) is 5.32 Å². The lowest BCUT2D eigenvalue weighted by atomic mass is 9.99. The van der Waals surface area contributed by atoms with E-state index in [9.17, 15) is 9.90 Å². The molecule has 4 heteroatoms. The van der Waals surface area contributed by atoms with Crippen LogP contribution in [0.25, 0.3) is 0 Å². The Hall–Kier alpha value is -1.39. The van der Waals surface area contributed by atoms with Gasteiger partial charge in [-0.25, -0.2) is 0 Å². The highest BCUT2D eigenvalue weighted by atomic mass is 16.4. The van der Waals surface area contributed by atoms with Crippen molar-refractivity contribution in [2.24, 2.45) is 0 Å². The lowest BCUT2D eigenvalue weighted by molar-refractivity contribution is -0.138. The Kier molecular flexibility index (Phi) is 5.66. The molecule has 0 aliphatic carbocycles. The van der Waals surface area contributed by atoms with E-state index in [1.165, 1.54) is 0 Å². The van der Waals surface area contributed by atoms with Crippen LogP contribution in [-0.4, -0.2) is 28.8 Å². The molecule has 4 nitrogen and oxygen atoms in total. The lowest BCUT2D eigenvalue weighted by Gasteiger charge is -2.23. The third kappa shape index (κ3) is 4.54. The Morgan fingerprint density at radius 1 is 1.35 bits per heavy atom. The van der Waals surface area contributed by atoms with E-state index in [0.29, 0.717) is 6.54 Å². The van der Waals surface area contributed by atoms with Crippen LogP contribution in [0.2, 0.25) is 0 Å². The second-order valence-electron chi connectivity index (χ2n) is 4.01. The second-order valence-corrected chi connectivity index (χ2v) is 4.01. The van der Waals surface area contributed by atoms with Gasteiger partial charge in [0.1, 0.15) is 0 Å². The van der Waals surface area contributed by atoms with E-state index in [0.717, 1.165) is 12.0 Å². The number of carbonyl (C=O) groups is 1. The first-order chi connectivity index (χ1) is 8.15. The molecule has 3 N–H and O–H groups in total. The molecule has 0 aromatic heterocycles. The van der Waals surface area contributed by atoms with Crippen molar-refractivity contribution < 1.29 is 15.0 Å². The van der Waals surface area contributed by atoms with Gasteiger partial charge in [0.15, 0.2) is 0 Å². The molecule has 0 spiro atoms. The Bertz CT molecular complexity index is 340. The number of hydrogen-bond donors (Lipinski definition) is 3. The van der Waals surface area contributed by atoms with E-state index >= 15 is 0 Å². The highest BCUT2D eigenvalue weighted by Gasteiger charge is 2.22. The number of benzene rings is 1. The number of carboxylic acid groups (broad SMARTS) is 1. The minimum atomic E-state index is -0.909. The van der Waals surface area contributed by atoms with Gasteiger partial charge in [-0.2, -0.15) is 0 Å². The van der Waals surface area contributed by atoms with E-state index < -0.39 is 18.1 Å². The number of rotatable bonds is 7. The van der Waals surface area contributed by atoms with Gasteiger partial charge in [-0.3, -0.25) is 4.79 Å². The van der Waals surface area contributed by atoms with Crippen LogP contribution < -0.4 is 5.32 Å². The molecular formula is C13H19NO3. The number of nitrogens with one attached hydrogen (secondary N) is 1. The molecule has 17 heavy (non-hydrogen) atoms. The standard InChI is InChI=1S/C13H19NO3/c1-2-8-14-11(9-12(15)16)13(17)10-6-4-3-5-7-10/h3-7,11,13-14,17H,2,8-9H2,1H3,(H,15,16). The van der Waals surface area contributed by atoms with Gasteiger partial charge >= 0.3 is 5.97 Å². The molecule has 0 radical (unpaired) electrons. The molecule has 2 atom stereocenters. The lowest BCUT2D eigenvalue weighted by Crippen LogP contribution is -2.37. The molecule has 0 amide bonds. The zero-order valence-corrected chi connectivity index (χ0v) is 9.97. The Balaban J connectivity index is 2.71. The summed E-state index contributed by atoms with van der Waals surface area (Å²) in [6, 6.07) is 8.67. The third-order valence-corrected chi connectivity index (χ3v) is 2.57. The predicted molar refractivity (Wildman–Crippen MR) is 65.7 cm³/mol. The summed E-state index contributed by atoms with van der Waals surface area (Å²) in [5.74, 6) is -0.909. The van der Waals surface area contributed by atoms with Crippen molar-refractivity contribution in [3.63, 3.8) is 0 Å². The minimum Gasteiger partial charge on any atom is -0.481 e. The Morgan fingerprint density at radius 3 is 2.53 bits per heavy atom. The van der Waals surface area contributed by atoms with Crippen molar-refractivity contribution in [3.8, 4) is 0 Å². The molecule has 0 fully saturated rings. The monoisotopic (exact) mass is 237 g/mol. The number of hydrogen-bond acceptors (Lipinski definition) is 3. The molecule has 0 bridgehead atoms. The molecule has 2 unspecified atom stereocenters. The van der Waals surface area contributed by atoms with Crippen LogP contribution in [0, 0.1) is 0 Å². The molecule has 1 aromatic rings. The molecule has 94 valence electrons. The number of aliphatic hydroxyl groups is 1. The van der Waals surface area contributed by atoms with Gasteiger partial charge in [0.05, 0.1) is 12.5 Å². The van der Waals surface area contributed by atoms with Gasteiger partial charge in [-0.05, 0) is 18.5 Å². The van der Waals surface area contributed by atoms with E-state index in [4.69, 9.17) is 5.11 Å². The summed E-state index contributed by atoms with van der Waals surface area (Å²) in [7, 11) is 0. The number of aliphatic hydroxyl groups excluding tert-OH is 1. The maximum Gasteiger partial charge on any atom is 0.305 e. The van der Waals surface area contributed by atoms with Gasteiger partial charge in [-0.15, -0.1) is 0 Å². The van der Waals surface area contributed by atoms with Crippen molar-refractivity contribution in [2.75, 3.05) is 6.54 Å². The normalized spacial score (nSPS) is 14.2. The minimum absolute atomic E-state index is 0.0872. The zero-order chi connectivity index (χ0) is 12.7. The first-order valence-corrected chi connectivity index (χ1v) is 5.83. The van der Waals surface area contributed by atoms with E-state index in [1.54, 1.807) is 12.1 Å². The predicted octanol–water partition coefficient (Wildman–Crippen LogP) is 1.56. The van der Waals surface area contributed by atoms with Gasteiger partial charge in [0.2, 0.25) is 0 Å². The number of carboxylic acids is 1. The summed E-state index contributed by atoms with van der Waals surface area (Å²) in [6.45, 7) is 2.70. The molecule has 0 heterocycles. The van der Waals surface area contributed by atoms with Crippen LogP contribution in [0.15, 0.2) is 30.3 Å². The summed E-state index contributed by atoms with van der Waals surface area (Å²) in [6.07, 6.45) is 0.0205. The maximum atomic E-state index is 10.8. The van der Waals surface area contributed by atoms with E-state index in [-0.39, 0.29) is 6.42 Å². The van der Waals surface area contributed by atoms with E-state index in [1.807, 2.05) is 25.1 Å². The van der Waals surface area contributed by atoms with Crippen LogP contribution in [-0.2, 0) is 4.79 Å². The Labute approximate surface area is 101 Å². The highest BCUT2D eigenvalue weighted by Crippen LogP contribution is 2.18. The van der Waals surface area contributed by atoms with Gasteiger partial charge in [0.25, 0.3) is 0 Å². The number of aliphatic carboxylic acids is 1. The van der Waals surface area contributed by atoms with Crippen molar-refractivity contribution in [1.29, 1.82) is 0 Å². The molecule has 0 aliphatic heterocycles. The maximum absolute atomic E-state index is 10.8. The fourth-order valence-corrected chi connectivity index (χ4v) is 1.70. The summed E-state index contributed by atoms with van der Waals surface area (Å²) in [5.41, 5.74) is 0.738. The topological polar surface area (TPSA) is 69.6 Å². The van der Waals surface area contributed by atoms with Gasteiger partial charge in [-0.1, -0.05) is 37.3 Å². The van der Waals surface area contributed by atoms with Crippen molar-refractivity contribution in [2.45, 2.75) is 31.9 Å². The quantitative estimate of drug-likeness (QED) is 0.673. The molecular weight excluding hydrogens is 218 g/mol. The second kappa shape index (κ2) is 7.04. The molecule has 1 rings (SSSR count). The van der Waals surface area contributed by atoms with Crippen LogP contribution in [0.5, 0.6) is 0 Å². The highest BCUT2D eigenvalue weighted by molar-refractivity contribution is 5.67. The van der Waals surface area contributed by atoms with Crippen molar-refractivity contribution in [1.82, 2.24) is 5.32 Å². The van der Waals surface area contributed by atoms with Crippen LogP contribution in [0.4, 0.5) is 0 Å². The third-order valence-electron chi connectivity index (χ3n) is 2.57. The summed E-state index contributed by atoms with van der Waals surface area (Å²) in [5, 5.41) is 22.0. The van der Waals surface area contributed by atoms with Crippen LogP contribution >= 0.6 is 0 Å². The van der Waals surface area contributed by atoms with Crippen LogP contribution in [0.3, 0.4) is 0 Å². The summed E-state index contributed by atoms with van der Waals surface area (Å²) < 4.78 is 0.